The maximum atomic E-state index is 13.0. The highest BCUT2D eigenvalue weighted by Crippen LogP contribution is 2.39. The highest BCUT2D eigenvalue weighted by Gasteiger charge is 2.26. The van der Waals surface area contributed by atoms with Gasteiger partial charge in [0, 0.05) is 28.3 Å². The summed E-state index contributed by atoms with van der Waals surface area (Å²) in [5.41, 5.74) is 2.88. The minimum Gasteiger partial charge on any atom is -0.494 e. The minimum absolute atomic E-state index is 0.0408. The lowest BCUT2D eigenvalue weighted by atomic mass is 9.85. The Morgan fingerprint density at radius 1 is 1.00 bits per heavy atom. The fraction of sp³-hybridized carbons (Fsp3) is 0.200. The number of carbonyl (C=O) groups excluding carboxylic acids is 1. The molecule has 27 heavy (non-hydrogen) atoms. The second-order valence-corrected chi connectivity index (χ2v) is 6.22. The summed E-state index contributed by atoms with van der Waals surface area (Å²) in [5.74, 6) is 0.554. The molecule has 1 aliphatic carbocycles. The van der Waals surface area contributed by atoms with Crippen molar-refractivity contribution in [3.63, 3.8) is 0 Å². The largest absolute Gasteiger partial charge is 0.494 e. The predicted octanol–water partition coefficient (Wildman–Crippen LogP) is 3.81. The summed E-state index contributed by atoms with van der Waals surface area (Å²) in [5, 5.41) is 11.0. The fourth-order valence-corrected chi connectivity index (χ4v) is 3.32. The molecule has 1 aliphatic rings. The third kappa shape index (κ3) is 3.19. The molecule has 0 bridgehead atoms. The lowest BCUT2D eigenvalue weighted by molar-refractivity contribution is -0.757. The Labute approximate surface area is 154 Å². The van der Waals surface area contributed by atoms with Gasteiger partial charge in [-0.15, -0.1) is 10.1 Å². The van der Waals surface area contributed by atoms with Crippen LogP contribution in [0.3, 0.4) is 0 Å². The molecule has 0 unspecified atom stereocenters. The number of hydrogen-bond donors (Lipinski definition) is 0. The van der Waals surface area contributed by atoms with Crippen molar-refractivity contribution < 1.29 is 19.5 Å². The topological polar surface area (TPSA) is 91.6 Å². The maximum Gasteiger partial charge on any atom is 0.294 e. The van der Waals surface area contributed by atoms with E-state index in [1.54, 1.807) is 12.3 Å². The molecule has 0 saturated carbocycles. The number of ether oxygens (including phenoxy) is 1. The van der Waals surface area contributed by atoms with Gasteiger partial charge in [0.15, 0.2) is 5.78 Å². The van der Waals surface area contributed by atoms with Gasteiger partial charge in [0.1, 0.15) is 5.75 Å². The summed E-state index contributed by atoms with van der Waals surface area (Å²) < 4.78 is 5.77. The molecule has 7 nitrogen and oxygen atoms in total. The zero-order valence-corrected chi connectivity index (χ0v) is 14.4. The first kappa shape index (κ1) is 17.0. The van der Waals surface area contributed by atoms with Crippen molar-refractivity contribution in [2.45, 2.75) is 12.8 Å². The summed E-state index contributed by atoms with van der Waals surface area (Å²) in [6.07, 6.45) is 2.86. The number of rotatable bonds is 7. The van der Waals surface area contributed by atoms with Gasteiger partial charge in [-0.25, -0.2) is 0 Å². The van der Waals surface area contributed by atoms with E-state index in [0.717, 1.165) is 22.0 Å². The molecular formula is C20H16N2O5. The molecule has 0 atom stereocenters. The molecule has 0 N–H and O–H groups in total. The maximum absolute atomic E-state index is 13.0. The number of fused-ring (bicyclic) bond motifs is 2. The van der Waals surface area contributed by atoms with E-state index in [4.69, 9.17) is 4.74 Å². The molecule has 0 aliphatic heterocycles. The Balaban J connectivity index is 1.60. The van der Waals surface area contributed by atoms with Crippen LogP contribution in [0.2, 0.25) is 0 Å². The molecule has 7 heteroatoms. The predicted molar refractivity (Wildman–Crippen MR) is 98.3 cm³/mol. The lowest BCUT2D eigenvalue weighted by Gasteiger charge is -2.19. The van der Waals surface area contributed by atoms with Crippen molar-refractivity contribution in [3.05, 3.63) is 69.9 Å². The Kier molecular flexibility index (Phi) is 4.42. The van der Waals surface area contributed by atoms with Crippen LogP contribution in [0.1, 0.15) is 28.8 Å². The molecule has 3 aromatic rings. The second kappa shape index (κ2) is 7.03. The molecule has 4 rings (SSSR count). The van der Waals surface area contributed by atoms with E-state index in [2.05, 4.69) is 9.82 Å². The van der Waals surface area contributed by atoms with Crippen molar-refractivity contribution in [2.75, 3.05) is 13.2 Å². The SMILES string of the molecule is O=C1c2ccccc2-c2nccc3cc(OCCCCO[N+](=O)[O-])cc1c23. The van der Waals surface area contributed by atoms with Gasteiger partial charge in [0.2, 0.25) is 0 Å². The van der Waals surface area contributed by atoms with E-state index in [1.165, 1.54) is 0 Å². The third-order valence-corrected chi connectivity index (χ3v) is 4.51. The number of nitrogens with zero attached hydrogens (tertiary/aromatic N) is 2. The van der Waals surface area contributed by atoms with Gasteiger partial charge in [0.05, 0.1) is 18.9 Å². The van der Waals surface area contributed by atoms with Crippen molar-refractivity contribution in [2.24, 2.45) is 0 Å². The summed E-state index contributed by atoms with van der Waals surface area (Å²) in [7, 11) is 0. The molecule has 0 spiro atoms. The monoisotopic (exact) mass is 364 g/mol. The van der Waals surface area contributed by atoms with Gasteiger partial charge >= 0.3 is 0 Å². The number of carbonyl (C=O) groups is 1. The Morgan fingerprint density at radius 2 is 1.78 bits per heavy atom. The van der Waals surface area contributed by atoms with Crippen LogP contribution in [0.5, 0.6) is 5.75 Å². The number of pyridine rings is 1. The van der Waals surface area contributed by atoms with Crippen LogP contribution in [0, 0.1) is 10.1 Å². The van der Waals surface area contributed by atoms with Crippen LogP contribution in [0.4, 0.5) is 0 Å². The van der Waals surface area contributed by atoms with Crippen molar-refractivity contribution in [3.8, 4) is 17.0 Å². The normalized spacial score (nSPS) is 11.9. The highest BCUT2D eigenvalue weighted by molar-refractivity contribution is 6.25. The summed E-state index contributed by atoms with van der Waals surface area (Å²) >= 11 is 0. The summed E-state index contributed by atoms with van der Waals surface area (Å²) in [4.78, 5) is 31.8. The van der Waals surface area contributed by atoms with Crippen molar-refractivity contribution >= 4 is 16.6 Å². The number of benzene rings is 2. The van der Waals surface area contributed by atoms with Crippen LogP contribution in [0.15, 0.2) is 48.7 Å². The molecule has 0 saturated heterocycles. The Hall–Kier alpha value is -3.48. The van der Waals surface area contributed by atoms with Crippen LogP contribution in [0.25, 0.3) is 22.0 Å². The van der Waals surface area contributed by atoms with Crippen LogP contribution < -0.4 is 4.74 Å². The Morgan fingerprint density at radius 3 is 2.59 bits per heavy atom. The fourth-order valence-electron chi connectivity index (χ4n) is 3.32. The zero-order chi connectivity index (χ0) is 18.8. The van der Waals surface area contributed by atoms with Gasteiger partial charge < -0.3 is 9.57 Å². The number of ketones is 1. The quantitative estimate of drug-likeness (QED) is 0.281. The summed E-state index contributed by atoms with van der Waals surface area (Å²) in [6.45, 7) is 0.429. The summed E-state index contributed by atoms with van der Waals surface area (Å²) in [6, 6.07) is 13.0. The molecule has 136 valence electrons. The molecule has 0 radical (unpaired) electrons. The number of unbranched alkanes of at least 4 members (excludes halogenated alkanes) is 1. The van der Waals surface area contributed by atoms with Crippen molar-refractivity contribution in [1.82, 2.24) is 4.98 Å². The average Bonchev–Trinajstić information content (AvgIpc) is 2.68. The van der Waals surface area contributed by atoms with E-state index in [9.17, 15) is 14.9 Å². The minimum atomic E-state index is -0.802. The highest BCUT2D eigenvalue weighted by atomic mass is 16.9. The molecule has 1 heterocycles. The molecule has 1 aromatic heterocycles. The Bertz CT molecular complexity index is 1050. The molecular weight excluding hydrogens is 348 g/mol. The van der Waals surface area contributed by atoms with E-state index in [-0.39, 0.29) is 12.4 Å². The molecule has 0 amide bonds. The zero-order valence-electron chi connectivity index (χ0n) is 14.4. The van der Waals surface area contributed by atoms with Gasteiger partial charge in [-0.2, -0.15) is 0 Å². The van der Waals surface area contributed by atoms with Gasteiger partial charge in [-0.1, -0.05) is 24.3 Å². The van der Waals surface area contributed by atoms with Crippen molar-refractivity contribution in [1.29, 1.82) is 0 Å². The standard InChI is InChI=1S/C20H16N2O5/c23-20-16-6-2-1-5-15(16)19-18-13(7-8-21-19)11-14(12-17(18)20)26-9-3-4-10-27-22(24)25/h1-2,5-8,11-12H,3-4,9-10H2. The smallest absolute Gasteiger partial charge is 0.294 e. The van der Waals surface area contributed by atoms with Crippen LogP contribution in [-0.4, -0.2) is 29.1 Å². The average molecular weight is 364 g/mol. The lowest BCUT2D eigenvalue weighted by Crippen LogP contribution is -2.11. The van der Waals surface area contributed by atoms with Crippen LogP contribution in [-0.2, 0) is 4.84 Å². The molecule has 2 aromatic carbocycles. The van der Waals surface area contributed by atoms with E-state index < -0.39 is 5.09 Å². The second-order valence-electron chi connectivity index (χ2n) is 6.22. The van der Waals surface area contributed by atoms with E-state index in [0.29, 0.717) is 36.3 Å². The van der Waals surface area contributed by atoms with Crippen LogP contribution >= 0.6 is 0 Å². The van der Waals surface area contributed by atoms with Gasteiger partial charge in [-0.05, 0) is 36.4 Å². The first-order valence-electron chi connectivity index (χ1n) is 8.62. The van der Waals surface area contributed by atoms with Gasteiger partial charge in [-0.3, -0.25) is 9.78 Å². The van der Waals surface area contributed by atoms with E-state index >= 15 is 0 Å². The first-order chi connectivity index (χ1) is 13.1. The number of hydrogen-bond acceptors (Lipinski definition) is 6. The van der Waals surface area contributed by atoms with Gasteiger partial charge in [0.25, 0.3) is 5.09 Å². The number of aromatic nitrogens is 1. The third-order valence-electron chi connectivity index (χ3n) is 4.51. The molecule has 0 fully saturated rings. The van der Waals surface area contributed by atoms with E-state index in [1.807, 2.05) is 36.4 Å². The first-order valence-corrected chi connectivity index (χ1v) is 8.62.